The number of nitrogens with zero attached hydrogens (tertiary/aromatic N) is 1. The summed E-state index contributed by atoms with van der Waals surface area (Å²) < 4.78 is 5.62. The number of benzene rings is 2. The SMILES string of the molecule is COc1cc(Nc2cccc(Cl)c2)cnc1-c1ccc(C2CCC(CC(=O)O)CC2)cc1. The van der Waals surface area contributed by atoms with Crippen LogP contribution < -0.4 is 10.1 Å². The molecule has 1 aromatic heterocycles. The van der Waals surface area contributed by atoms with Crippen LogP contribution in [0.5, 0.6) is 5.75 Å². The molecule has 1 aliphatic carbocycles. The lowest BCUT2D eigenvalue weighted by atomic mass is 9.77. The highest BCUT2D eigenvalue weighted by Crippen LogP contribution is 2.38. The fraction of sp³-hybridized carbons (Fsp3) is 0.308. The maximum absolute atomic E-state index is 10.9. The van der Waals surface area contributed by atoms with E-state index in [4.69, 9.17) is 21.4 Å². The monoisotopic (exact) mass is 450 g/mol. The molecule has 0 amide bonds. The average molecular weight is 451 g/mol. The topological polar surface area (TPSA) is 71.5 Å². The summed E-state index contributed by atoms with van der Waals surface area (Å²) in [6.45, 7) is 0. The van der Waals surface area contributed by atoms with E-state index in [0.29, 0.717) is 29.0 Å². The highest BCUT2D eigenvalue weighted by molar-refractivity contribution is 6.30. The van der Waals surface area contributed by atoms with E-state index in [9.17, 15) is 4.79 Å². The molecule has 0 spiro atoms. The summed E-state index contributed by atoms with van der Waals surface area (Å²) in [5.74, 6) is 0.815. The van der Waals surface area contributed by atoms with E-state index in [-0.39, 0.29) is 0 Å². The quantitative estimate of drug-likeness (QED) is 0.409. The molecule has 1 aliphatic rings. The second-order valence-electron chi connectivity index (χ2n) is 8.35. The van der Waals surface area contributed by atoms with Gasteiger partial charge in [0.2, 0.25) is 0 Å². The summed E-state index contributed by atoms with van der Waals surface area (Å²) >= 11 is 6.07. The number of hydrogen-bond acceptors (Lipinski definition) is 4. The van der Waals surface area contributed by atoms with Crippen molar-refractivity contribution in [1.29, 1.82) is 0 Å². The van der Waals surface area contributed by atoms with Gasteiger partial charge in [0.25, 0.3) is 0 Å². The zero-order valence-corrected chi connectivity index (χ0v) is 18.8. The molecule has 1 fully saturated rings. The minimum atomic E-state index is -0.687. The first-order chi connectivity index (χ1) is 15.5. The molecular weight excluding hydrogens is 424 g/mol. The number of carboxylic acids is 1. The maximum atomic E-state index is 10.9. The van der Waals surface area contributed by atoms with E-state index in [1.165, 1.54) is 5.56 Å². The number of halogens is 1. The van der Waals surface area contributed by atoms with Crippen molar-refractivity contribution in [3.8, 4) is 17.0 Å². The van der Waals surface area contributed by atoms with Crippen LogP contribution in [0.3, 0.4) is 0 Å². The predicted molar refractivity (Wildman–Crippen MR) is 128 cm³/mol. The van der Waals surface area contributed by atoms with Crippen molar-refractivity contribution in [2.45, 2.75) is 38.0 Å². The first-order valence-electron chi connectivity index (χ1n) is 10.9. The van der Waals surface area contributed by atoms with E-state index in [2.05, 4.69) is 34.6 Å². The maximum Gasteiger partial charge on any atom is 0.303 e. The van der Waals surface area contributed by atoms with E-state index in [1.807, 2.05) is 30.3 Å². The van der Waals surface area contributed by atoms with Gasteiger partial charge < -0.3 is 15.2 Å². The van der Waals surface area contributed by atoms with Gasteiger partial charge in [-0.05, 0) is 61.3 Å². The predicted octanol–water partition coefficient (Wildman–Crippen LogP) is 6.90. The van der Waals surface area contributed by atoms with Crippen LogP contribution in [0.25, 0.3) is 11.3 Å². The smallest absolute Gasteiger partial charge is 0.303 e. The minimum absolute atomic E-state index is 0.291. The Kier molecular flexibility index (Phi) is 6.96. The third-order valence-corrected chi connectivity index (χ3v) is 6.39. The number of methoxy groups -OCH3 is 1. The summed E-state index contributed by atoms with van der Waals surface area (Å²) in [5, 5.41) is 13.0. The van der Waals surface area contributed by atoms with Crippen LogP contribution in [0.15, 0.2) is 60.8 Å². The molecule has 1 saturated carbocycles. The van der Waals surface area contributed by atoms with Crippen molar-refractivity contribution in [1.82, 2.24) is 4.98 Å². The first-order valence-corrected chi connectivity index (χ1v) is 11.3. The number of hydrogen-bond donors (Lipinski definition) is 2. The van der Waals surface area contributed by atoms with E-state index < -0.39 is 5.97 Å². The number of anilines is 2. The minimum Gasteiger partial charge on any atom is -0.494 e. The van der Waals surface area contributed by atoms with Crippen LogP contribution in [-0.4, -0.2) is 23.2 Å². The molecule has 0 atom stereocenters. The highest BCUT2D eigenvalue weighted by Gasteiger charge is 2.24. The van der Waals surface area contributed by atoms with Crippen LogP contribution >= 0.6 is 11.6 Å². The number of nitrogens with one attached hydrogen (secondary N) is 1. The lowest BCUT2D eigenvalue weighted by Crippen LogP contribution is -2.16. The van der Waals surface area contributed by atoms with E-state index in [0.717, 1.165) is 48.3 Å². The summed E-state index contributed by atoms with van der Waals surface area (Å²) in [6.07, 6.45) is 6.13. The van der Waals surface area contributed by atoms with Gasteiger partial charge in [0, 0.05) is 28.8 Å². The van der Waals surface area contributed by atoms with Gasteiger partial charge in [-0.2, -0.15) is 0 Å². The molecule has 0 unspecified atom stereocenters. The van der Waals surface area contributed by atoms with Crippen LogP contribution in [0.4, 0.5) is 11.4 Å². The number of aliphatic carboxylic acids is 1. The second-order valence-corrected chi connectivity index (χ2v) is 8.78. The highest BCUT2D eigenvalue weighted by atomic mass is 35.5. The Bertz CT molecular complexity index is 1080. The van der Waals surface area contributed by atoms with E-state index >= 15 is 0 Å². The molecule has 0 radical (unpaired) electrons. The Morgan fingerprint density at radius 1 is 1.09 bits per heavy atom. The molecule has 0 bridgehead atoms. The Morgan fingerprint density at radius 3 is 2.50 bits per heavy atom. The second kappa shape index (κ2) is 10.0. The molecule has 2 N–H and O–H groups in total. The van der Waals surface area contributed by atoms with Crippen LogP contribution in [-0.2, 0) is 4.79 Å². The summed E-state index contributed by atoms with van der Waals surface area (Å²) in [6, 6.07) is 18.0. The molecule has 6 heteroatoms. The van der Waals surface area contributed by atoms with Crippen LogP contribution in [0, 0.1) is 5.92 Å². The zero-order chi connectivity index (χ0) is 22.5. The van der Waals surface area contributed by atoms with Gasteiger partial charge in [-0.15, -0.1) is 0 Å². The van der Waals surface area contributed by atoms with Crippen molar-refractivity contribution in [3.63, 3.8) is 0 Å². The lowest BCUT2D eigenvalue weighted by molar-refractivity contribution is -0.138. The third-order valence-electron chi connectivity index (χ3n) is 6.15. The summed E-state index contributed by atoms with van der Waals surface area (Å²) in [5.41, 5.74) is 4.81. The van der Waals surface area contributed by atoms with Crippen molar-refractivity contribution in [2.75, 3.05) is 12.4 Å². The van der Waals surface area contributed by atoms with Crippen molar-refractivity contribution in [3.05, 3.63) is 71.4 Å². The fourth-order valence-electron chi connectivity index (χ4n) is 4.48. The number of ether oxygens (including phenoxy) is 1. The van der Waals surface area contributed by atoms with Crippen LogP contribution in [0.2, 0.25) is 5.02 Å². The molecule has 1 heterocycles. The molecule has 166 valence electrons. The largest absolute Gasteiger partial charge is 0.494 e. The molecular formula is C26H27ClN2O3. The summed E-state index contributed by atoms with van der Waals surface area (Å²) in [4.78, 5) is 15.6. The number of rotatable bonds is 7. The Morgan fingerprint density at radius 2 is 1.84 bits per heavy atom. The van der Waals surface area contributed by atoms with Gasteiger partial charge in [-0.1, -0.05) is 41.9 Å². The molecule has 5 nitrogen and oxygen atoms in total. The van der Waals surface area contributed by atoms with E-state index in [1.54, 1.807) is 13.3 Å². The zero-order valence-electron chi connectivity index (χ0n) is 18.1. The van der Waals surface area contributed by atoms with Crippen molar-refractivity contribution >= 4 is 28.9 Å². The molecule has 0 saturated heterocycles. The first kappa shape index (κ1) is 22.2. The number of aromatic nitrogens is 1. The number of pyridine rings is 1. The van der Waals surface area contributed by atoms with Crippen LogP contribution in [0.1, 0.15) is 43.6 Å². The number of carboxylic acid groups (broad SMARTS) is 1. The molecule has 2 aromatic carbocycles. The molecule has 3 aromatic rings. The normalized spacial score (nSPS) is 18.2. The van der Waals surface area contributed by atoms with Gasteiger partial charge in [0.15, 0.2) is 0 Å². The number of carbonyl (C=O) groups is 1. The fourth-order valence-corrected chi connectivity index (χ4v) is 4.67. The third kappa shape index (κ3) is 5.40. The lowest BCUT2D eigenvalue weighted by Gasteiger charge is -2.28. The Labute approximate surface area is 193 Å². The van der Waals surface area contributed by atoms with Gasteiger partial charge >= 0.3 is 5.97 Å². The average Bonchev–Trinajstić information content (AvgIpc) is 2.79. The molecule has 4 rings (SSSR count). The summed E-state index contributed by atoms with van der Waals surface area (Å²) in [7, 11) is 1.65. The van der Waals surface area contributed by atoms with Gasteiger partial charge in [-0.3, -0.25) is 9.78 Å². The van der Waals surface area contributed by atoms with Gasteiger partial charge in [0.05, 0.1) is 19.0 Å². The molecule has 0 aliphatic heterocycles. The van der Waals surface area contributed by atoms with Crippen molar-refractivity contribution in [2.24, 2.45) is 5.92 Å². The van der Waals surface area contributed by atoms with Crippen molar-refractivity contribution < 1.29 is 14.6 Å². The Hall–Kier alpha value is -3.05. The standard InChI is InChI=1S/C26H27ClN2O3/c1-32-24-15-23(29-22-4-2-3-21(27)14-22)16-28-26(24)20-11-9-19(10-12-20)18-7-5-17(6-8-18)13-25(30)31/h2-4,9-12,14-18,29H,5-8,13H2,1H3,(H,30,31). The van der Waals surface area contributed by atoms with Gasteiger partial charge in [-0.25, -0.2) is 0 Å². The van der Waals surface area contributed by atoms with Gasteiger partial charge in [0.1, 0.15) is 11.4 Å². The molecule has 32 heavy (non-hydrogen) atoms. The Balaban J connectivity index is 1.46.